The number of benzene rings is 3. The van der Waals surface area contributed by atoms with E-state index in [-0.39, 0.29) is 34.4 Å². The number of hydrogen-bond donors (Lipinski definition) is 0. The first-order valence-corrected chi connectivity index (χ1v) is 13.7. The third kappa shape index (κ3) is 4.55. The highest BCUT2D eigenvalue weighted by atomic mass is 35.5. The van der Waals surface area contributed by atoms with Gasteiger partial charge in [0.25, 0.3) is 0 Å². The molecule has 2 atom stereocenters. The first kappa shape index (κ1) is 26.1. The molecule has 3 aromatic carbocycles. The monoisotopic (exact) mass is 569 g/mol. The van der Waals surface area contributed by atoms with E-state index in [4.69, 9.17) is 27.9 Å². The van der Waals surface area contributed by atoms with Gasteiger partial charge in [0.2, 0.25) is 0 Å². The van der Waals surface area contributed by atoms with E-state index in [2.05, 4.69) is 4.98 Å². The molecular formula is C30H27Cl2F2N3O2. The van der Waals surface area contributed by atoms with Crippen molar-refractivity contribution in [1.29, 1.82) is 0 Å². The molecule has 0 unspecified atom stereocenters. The summed E-state index contributed by atoms with van der Waals surface area (Å²) in [6.07, 6.45) is 1.32. The van der Waals surface area contributed by atoms with Crippen molar-refractivity contribution in [3.05, 3.63) is 70.3 Å². The molecular weight excluding hydrogens is 543 g/mol. The first-order chi connectivity index (χ1) is 18.5. The van der Waals surface area contributed by atoms with Crippen molar-refractivity contribution in [1.82, 2.24) is 9.88 Å². The minimum atomic E-state index is -0.795. The molecule has 2 fully saturated rings. The largest absolute Gasteiger partial charge is 0.444 e. The van der Waals surface area contributed by atoms with Crippen LogP contribution in [0.1, 0.15) is 33.6 Å². The second-order valence-electron chi connectivity index (χ2n) is 11.2. The van der Waals surface area contributed by atoms with Gasteiger partial charge in [-0.05, 0) is 62.8 Å². The topological polar surface area (TPSA) is 45.7 Å². The quantitative estimate of drug-likeness (QED) is 0.228. The van der Waals surface area contributed by atoms with E-state index >= 15 is 8.78 Å². The summed E-state index contributed by atoms with van der Waals surface area (Å²) in [6, 6.07) is 13.4. The maximum Gasteiger partial charge on any atom is 0.410 e. The van der Waals surface area contributed by atoms with E-state index in [1.54, 1.807) is 30.3 Å². The lowest BCUT2D eigenvalue weighted by atomic mass is 9.95. The third-order valence-electron chi connectivity index (χ3n) is 7.49. The van der Waals surface area contributed by atoms with E-state index in [0.717, 1.165) is 18.2 Å². The number of aromatic nitrogens is 1. The van der Waals surface area contributed by atoms with Crippen LogP contribution >= 0.6 is 23.2 Å². The second-order valence-corrected chi connectivity index (χ2v) is 12.0. The van der Waals surface area contributed by atoms with Gasteiger partial charge in [-0.25, -0.2) is 18.6 Å². The van der Waals surface area contributed by atoms with Crippen molar-refractivity contribution in [2.75, 3.05) is 18.0 Å². The van der Waals surface area contributed by atoms with E-state index in [0.29, 0.717) is 40.1 Å². The Balaban J connectivity index is 1.43. The van der Waals surface area contributed by atoms with Gasteiger partial charge in [0, 0.05) is 34.6 Å². The Morgan fingerprint density at radius 1 is 1.03 bits per heavy atom. The number of halogens is 4. The van der Waals surface area contributed by atoms with Crippen molar-refractivity contribution in [3.8, 4) is 11.1 Å². The summed E-state index contributed by atoms with van der Waals surface area (Å²) in [5, 5.41) is 2.18. The van der Waals surface area contributed by atoms with Crippen molar-refractivity contribution in [2.24, 2.45) is 0 Å². The molecule has 2 aliphatic rings. The summed E-state index contributed by atoms with van der Waals surface area (Å²) in [6.45, 7) is 6.53. The maximum atomic E-state index is 16.2. The Morgan fingerprint density at radius 3 is 2.36 bits per heavy atom. The lowest BCUT2D eigenvalue weighted by Crippen LogP contribution is -2.56. The summed E-state index contributed by atoms with van der Waals surface area (Å²) in [7, 11) is 0. The van der Waals surface area contributed by atoms with Crippen LogP contribution in [0.2, 0.25) is 10.2 Å². The molecule has 0 aliphatic carbocycles. The normalized spacial score (nSPS) is 19.3. The van der Waals surface area contributed by atoms with Crippen molar-refractivity contribution < 1.29 is 18.3 Å². The minimum absolute atomic E-state index is 0.0140. The molecule has 5 nitrogen and oxygen atoms in total. The van der Waals surface area contributed by atoms with Crippen LogP contribution in [0.5, 0.6) is 0 Å². The molecule has 3 heterocycles. The molecule has 1 aromatic heterocycles. The zero-order valence-electron chi connectivity index (χ0n) is 21.8. The summed E-state index contributed by atoms with van der Waals surface area (Å²) in [5.41, 5.74) is 0.133. The van der Waals surface area contributed by atoms with E-state index in [1.165, 1.54) is 6.07 Å². The van der Waals surface area contributed by atoms with E-state index < -0.39 is 17.2 Å². The molecule has 6 rings (SSSR count). The Bertz CT molecular complexity index is 1620. The number of hydrogen-bond acceptors (Lipinski definition) is 4. The molecule has 9 heteroatoms. The number of nitrogens with zero attached hydrogens (tertiary/aromatic N) is 3. The molecule has 4 aromatic rings. The zero-order chi connectivity index (χ0) is 27.6. The molecule has 0 radical (unpaired) electrons. The standard InChI is InChI=1S/C30H27Cl2F2N3O2/c1-30(2,3)39-29(38)37-17-10-11-18(37)15-36(14-17)23-13-24(32)35-28-20(23)12-22(33)26(27(28)34)19-8-4-6-16-7-5-9-21(31)25(16)19/h4-9,12-13,17-18H,10-11,14-15H2,1-3H3/t17-,18+. The van der Waals surface area contributed by atoms with Gasteiger partial charge in [-0.15, -0.1) is 0 Å². The van der Waals surface area contributed by atoms with E-state index in [1.807, 2.05) is 42.7 Å². The van der Waals surface area contributed by atoms with Gasteiger partial charge in [-0.1, -0.05) is 53.5 Å². The number of pyridine rings is 1. The van der Waals surface area contributed by atoms with Gasteiger partial charge < -0.3 is 9.64 Å². The smallest absolute Gasteiger partial charge is 0.410 e. The van der Waals surface area contributed by atoms with E-state index in [9.17, 15) is 4.79 Å². The van der Waals surface area contributed by atoms with Gasteiger partial charge in [-0.2, -0.15) is 0 Å². The van der Waals surface area contributed by atoms with Gasteiger partial charge in [0.15, 0.2) is 5.82 Å². The van der Waals surface area contributed by atoms with Crippen LogP contribution < -0.4 is 4.90 Å². The third-order valence-corrected chi connectivity index (χ3v) is 8.00. The van der Waals surface area contributed by atoms with Crippen LogP contribution in [0.15, 0.2) is 48.5 Å². The lowest BCUT2D eigenvalue weighted by molar-refractivity contribution is 0.0123. The number of carbonyl (C=O) groups excluding carboxylic acids is 1. The zero-order valence-corrected chi connectivity index (χ0v) is 23.3. The van der Waals surface area contributed by atoms with Crippen LogP contribution in [-0.2, 0) is 4.74 Å². The average molecular weight is 570 g/mol. The highest BCUT2D eigenvalue weighted by Crippen LogP contribution is 2.42. The SMILES string of the molecule is CC(C)(C)OC(=O)N1[C@@H]2CC[C@H]1CN(c1cc(Cl)nc3c(F)c(-c4cccc5cccc(Cl)c45)c(F)cc13)C2. The lowest BCUT2D eigenvalue weighted by Gasteiger charge is -2.42. The fourth-order valence-electron chi connectivity index (χ4n) is 5.97. The van der Waals surface area contributed by atoms with Crippen LogP contribution in [0.25, 0.3) is 32.8 Å². The molecule has 1 amide bonds. The van der Waals surface area contributed by atoms with Crippen molar-refractivity contribution >= 4 is 56.7 Å². The molecule has 2 bridgehead atoms. The predicted molar refractivity (Wildman–Crippen MR) is 152 cm³/mol. The summed E-state index contributed by atoms with van der Waals surface area (Å²) in [4.78, 5) is 21.0. The average Bonchev–Trinajstić information content (AvgIpc) is 3.13. The molecule has 0 saturated carbocycles. The number of rotatable bonds is 2. The Labute approximate surface area is 235 Å². The molecule has 0 spiro atoms. The Kier molecular flexibility index (Phi) is 6.35. The van der Waals surface area contributed by atoms with Crippen molar-refractivity contribution in [3.63, 3.8) is 0 Å². The van der Waals surface area contributed by atoms with Crippen LogP contribution in [0.4, 0.5) is 19.3 Å². The molecule has 2 aliphatic heterocycles. The summed E-state index contributed by atoms with van der Waals surface area (Å²) in [5.74, 6) is -1.51. The number of anilines is 1. The van der Waals surface area contributed by atoms with Crippen molar-refractivity contribution in [2.45, 2.75) is 51.3 Å². The number of fused-ring (bicyclic) bond motifs is 4. The van der Waals surface area contributed by atoms with Gasteiger partial charge in [0.05, 0.1) is 17.6 Å². The highest BCUT2D eigenvalue weighted by molar-refractivity contribution is 6.36. The molecule has 39 heavy (non-hydrogen) atoms. The highest BCUT2D eigenvalue weighted by Gasteiger charge is 2.44. The number of ether oxygens (including phenoxy) is 1. The minimum Gasteiger partial charge on any atom is -0.444 e. The van der Waals surface area contributed by atoms with Gasteiger partial charge in [0.1, 0.15) is 22.1 Å². The fourth-order valence-corrected chi connectivity index (χ4v) is 6.44. The second kappa shape index (κ2) is 9.49. The molecule has 0 N–H and O–H groups in total. The molecule has 2 saturated heterocycles. The number of carbonyl (C=O) groups is 1. The summed E-state index contributed by atoms with van der Waals surface area (Å²) < 4.78 is 37.7. The fraction of sp³-hybridized carbons (Fsp3) is 0.333. The van der Waals surface area contributed by atoms with Gasteiger partial charge in [-0.3, -0.25) is 4.90 Å². The Morgan fingerprint density at radius 2 is 1.69 bits per heavy atom. The Hall–Kier alpha value is -3.16. The number of piperazine rings is 1. The number of amides is 1. The maximum absolute atomic E-state index is 16.2. The summed E-state index contributed by atoms with van der Waals surface area (Å²) >= 11 is 12.9. The molecule has 202 valence electrons. The first-order valence-electron chi connectivity index (χ1n) is 12.9. The van der Waals surface area contributed by atoms with Crippen LogP contribution in [0, 0.1) is 11.6 Å². The van der Waals surface area contributed by atoms with Crippen LogP contribution in [-0.4, -0.2) is 46.8 Å². The predicted octanol–water partition coefficient (Wildman–Crippen LogP) is 8.23. The van der Waals surface area contributed by atoms with Crippen LogP contribution in [0.3, 0.4) is 0 Å². The van der Waals surface area contributed by atoms with Gasteiger partial charge >= 0.3 is 6.09 Å².